The Bertz CT molecular complexity index is 858. The molecule has 0 fully saturated rings. The number of amides is 1. The molecular formula is C16H14Br2N4O. The van der Waals surface area contributed by atoms with Crippen molar-refractivity contribution in [3.8, 4) is 0 Å². The normalized spacial score (nSPS) is 10.9. The molecular weight excluding hydrogens is 424 g/mol. The molecule has 0 bridgehead atoms. The molecule has 5 nitrogen and oxygen atoms in total. The largest absolute Gasteiger partial charge is 0.318 e. The van der Waals surface area contributed by atoms with Gasteiger partial charge in [0, 0.05) is 15.4 Å². The summed E-state index contributed by atoms with van der Waals surface area (Å²) in [5.74, 6) is 5.79. The molecule has 0 aliphatic rings. The van der Waals surface area contributed by atoms with Crippen LogP contribution in [-0.2, 0) is 17.8 Å². The first-order chi connectivity index (χ1) is 11.1. The van der Waals surface area contributed by atoms with Crippen molar-refractivity contribution in [1.82, 2.24) is 15.0 Å². The van der Waals surface area contributed by atoms with E-state index in [1.165, 1.54) is 0 Å². The highest BCUT2D eigenvalue weighted by Crippen LogP contribution is 2.23. The fourth-order valence-corrected chi connectivity index (χ4v) is 3.04. The van der Waals surface area contributed by atoms with E-state index in [2.05, 4.69) is 42.3 Å². The molecule has 3 rings (SSSR count). The number of hydrogen-bond acceptors (Lipinski definition) is 3. The van der Waals surface area contributed by atoms with Gasteiger partial charge in [-0.15, -0.1) is 0 Å². The molecule has 7 heteroatoms. The molecule has 2 aromatic carbocycles. The average Bonchev–Trinajstić information content (AvgIpc) is 2.86. The molecule has 0 atom stereocenters. The van der Waals surface area contributed by atoms with Gasteiger partial charge in [-0.2, -0.15) is 0 Å². The highest BCUT2D eigenvalue weighted by atomic mass is 79.9. The van der Waals surface area contributed by atoms with Gasteiger partial charge in [0.1, 0.15) is 12.4 Å². The predicted octanol–water partition coefficient (Wildman–Crippen LogP) is 3.14. The number of aromatic nitrogens is 2. The molecule has 1 heterocycles. The number of hydrogen-bond donors (Lipinski definition) is 2. The van der Waals surface area contributed by atoms with Gasteiger partial charge in [0.15, 0.2) is 0 Å². The molecule has 1 amide bonds. The lowest BCUT2D eigenvalue weighted by molar-refractivity contribution is -0.121. The Morgan fingerprint density at radius 3 is 2.52 bits per heavy atom. The number of halogens is 2. The molecule has 0 unspecified atom stereocenters. The fourth-order valence-electron chi connectivity index (χ4n) is 2.43. The standard InChI is InChI=1S/C16H14Br2N4O/c17-11-3-1-10(2-4-11)7-15-20-13-6-5-12(18)8-14(13)22(15)9-16(23)21-19/h1-6,8H,7,9,19H2,(H,21,23). The smallest absolute Gasteiger partial charge is 0.253 e. The number of fused-ring (bicyclic) bond motifs is 1. The lowest BCUT2D eigenvalue weighted by atomic mass is 10.1. The van der Waals surface area contributed by atoms with E-state index in [0.717, 1.165) is 31.4 Å². The Morgan fingerprint density at radius 1 is 1.13 bits per heavy atom. The number of nitrogens with zero attached hydrogens (tertiary/aromatic N) is 2. The first kappa shape index (κ1) is 16.2. The van der Waals surface area contributed by atoms with Gasteiger partial charge in [0.25, 0.3) is 5.91 Å². The van der Waals surface area contributed by atoms with Crippen LogP contribution in [0.2, 0.25) is 0 Å². The molecule has 0 saturated carbocycles. The summed E-state index contributed by atoms with van der Waals surface area (Å²) in [6.45, 7) is 0.134. The highest BCUT2D eigenvalue weighted by Gasteiger charge is 2.14. The van der Waals surface area contributed by atoms with Crippen molar-refractivity contribution >= 4 is 48.8 Å². The third-order valence-electron chi connectivity index (χ3n) is 3.53. The molecule has 23 heavy (non-hydrogen) atoms. The summed E-state index contributed by atoms with van der Waals surface area (Å²) in [6, 6.07) is 13.9. The van der Waals surface area contributed by atoms with Crippen LogP contribution < -0.4 is 11.3 Å². The maximum absolute atomic E-state index is 11.8. The number of carbonyl (C=O) groups excluding carboxylic acids is 1. The van der Waals surface area contributed by atoms with Crippen molar-refractivity contribution in [2.75, 3.05) is 0 Å². The number of imidazole rings is 1. The summed E-state index contributed by atoms with van der Waals surface area (Å²) >= 11 is 6.89. The Kier molecular flexibility index (Phi) is 4.79. The predicted molar refractivity (Wildman–Crippen MR) is 96.7 cm³/mol. The van der Waals surface area contributed by atoms with Crippen molar-refractivity contribution in [2.45, 2.75) is 13.0 Å². The number of nitrogens with two attached hydrogens (primary N) is 1. The first-order valence-corrected chi connectivity index (χ1v) is 8.54. The number of hydrazine groups is 1. The van der Waals surface area contributed by atoms with Gasteiger partial charge in [-0.05, 0) is 35.9 Å². The number of carbonyl (C=O) groups is 1. The lowest BCUT2D eigenvalue weighted by Gasteiger charge is -2.08. The zero-order chi connectivity index (χ0) is 16.4. The third-order valence-corrected chi connectivity index (χ3v) is 4.55. The zero-order valence-electron chi connectivity index (χ0n) is 12.1. The van der Waals surface area contributed by atoms with E-state index < -0.39 is 0 Å². The minimum Gasteiger partial charge on any atom is -0.318 e. The maximum atomic E-state index is 11.8. The minimum atomic E-state index is -0.263. The second-order valence-corrected chi connectivity index (χ2v) is 6.95. The monoisotopic (exact) mass is 436 g/mol. The first-order valence-electron chi connectivity index (χ1n) is 6.95. The van der Waals surface area contributed by atoms with Crippen molar-refractivity contribution in [3.63, 3.8) is 0 Å². The van der Waals surface area contributed by atoms with Crippen LogP contribution in [0.1, 0.15) is 11.4 Å². The second kappa shape index (κ2) is 6.82. The van der Waals surface area contributed by atoms with E-state index in [4.69, 9.17) is 5.84 Å². The van der Waals surface area contributed by atoms with E-state index in [-0.39, 0.29) is 12.5 Å². The van der Waals surface area contributed by atoms with Gasteiger partial charge in [-0.1, -0.05) is 44.0 Å². The Morgan fingerprint density at radius 2 is 1.83 bits per heavy atom. The Balaban J connectivity index is 2.05. The van der Waals surface area contributed by atoms with E-state index in [0.29, 0.717) is 6.42 Å². The van der Waals surface area contributed by atoms with E-state index >= 15 is 0 Å². The molecule has 0 aliphatic carbocycles. The third kappa shape index (κ3) is 3.63. The quantitative estimate of drug-likeness (QED) is 0.374. The zero-order valence-corrected chi connectivity index (χ0v) is 15.3. The van der Waals surface area contributed by atoms with Crippen molar-refractivity contribution in [1.29, 1.82) is 0 Å². The van der Waals surface area contributed by atoms with Gasteiger partial charge in [0.05, 0.1) is 11.0 Å². The number of benzene rings is 2. The van der Waals surface area contributed by atoms with Crippen molar-refractivity contribution < 1.29 is 4.79 Å². The summed E-state index contributed by atoms with van der Waals surface area (Å²) < 4.78 is 3.86. The summed E-state index contributed by atoms with van der Waals surface area (Å²) in [4.78, 5) is 16.4. The summed E-state index contributed by atoms with van der Waals surface area (Å²) in [7, 11) is 0. The van der Waals surface area contributed by atoms with Gasteiger partial charge in [0.2, 0.25) is 0 Å². The van der Waals surface area contributed by atoms with E-state index in [9.17, 15) is 4.79 Å². The van der Waals surface area contributed by atoms with Crippen molar-refractivity contribution in [2.24, 2.45) is 5.84 Å². The SMILES string of the molecule is NNC(=O)Cn1c(Cc2ccc(Br)cc2)nc2ccc(Br)cc21. The molecule has 3 N–H and O–H groups in total. The van der Waals surface area contributed by atoms with Crippen molar-refractivity contribution in [3.05, 3.63) is 62.8 Å². The van der Waals surface area contributed by atoms with E-state index in [1.54, 1.807) is 0 Å². The molecule has 0 aliphatic heterocycles. The molecule has 0 spiro atoms. The second-order valence-electron chi connectivity index (χ2n) is 5.12. The van der Waals surface area contributed by atoms with Gasteiger partial charge in [-0.25, -0.2) is 10.8 Å². The fraction of sp³-hybridized carbons (Fsp3) is 0.125. The van der Waals surface area contributed by atoms with Crippen LogP contribution in [0, 0.1) is 0 Å². The molecule has 0 radical (unpaired) electrons. The number of nitrogens with one attached hydrogen (secondary N) is 1. The molecule has 0 saturated heterocycles. The van der Waals surface area contributed by atoms with Gasteiger partial charge < -0.3 is 4.57 Å². The topological polar surface area (TPSA) is 72.9 Å². The van der Waals surface area contributed by atoms with Crippen LogP contribution in [-0.4, -0.2) is 15.5 Å². The Labute approximate surface area is 150 Å². The maximum Gasteiger partial charge on any atom is 0.253 e. The van der Waals surface area contributed by atoms with Crippen LogP contribution in [0.25, 0.3) is 11.0 Å². The lowest BCUT2D eigenvalue weighted by Crippen LogP contribution is -2.33. The Hall–Kier alpha value is -1.70. The average molecular weight is 438 g/mol. The number of rotatable bonds is 4. The van der Waals surface area contributed by atoms with Crippen LogP contribution in [0.4, 0.5) is 0 Å². The van der Waals surface area contributed by atoms with Crippen LogP contribution in [0.15, 0.2) is 51.4 Å². The van der Waals surface area contributed by atoms with Crippen LogP contribution in [0.3, 0.4) is 0 Å². The molecule has 3 aromatic rings. The summed E-state index contributed by atoms with van der Waals surface area (Å²) in [5.41, 5.74) is 5.05. The summed E-state index contributed by atoms with van der Waals surface area (Å²) in [5, 5.41) is 0. The summed E-state index contributed by atoms with van der Waals surface area (Å²) in [6.07, 6.45) is 0.636. The van der Waals surface area contributed by atoms with Crippen LogP contribution >= 0.6 is 31.9 Å². The van der Waals surface area contributed by atoms with Crippen LogP contribution in [0.5, 0.6) is 0 Å². The molecule has 1 aromatic heterocycles. The van der Waals surface area contributed by atoms with Gasteiger partial charge in [-0.3, -0.25) is 10.2 Å². The highest BCUT2D eigenvalue weighted by molar-refractivity contribution is 9.10. The van der Waals surface area contributed by atoms with E-state index in [1.807, 2.05) is 47.0 Å². The molecule has 118 valence electrons. The minimum absolute atomic E-state index is 0.134. The van der Waals surface area contributed by atoms with Gasteiger partial charge >= 0.3 is 0 Å².